The first-order valence-electron chi connectivity index (χ1n) is 11.1. The van der Waals surface area contributed by atoms with E-state index in [1.165, 1.54) is 6.07 Å². The average Bonchev–Trinajstić information content (AvgIpc) is 2.82. The SMILES string of the molecule is CCCCOC(=O)c1cccc(NC(=O)CCC(=O)OCC(=O)Nc2ccc(Br)cc2CC)c1. The van der Waals surface area contributed by atoms with Crippen LogP contribution < -0.4 is 10.6 Å². The lowest BCUT2D eigenvalue weighted by atomic mass is 10.1. The van der Waals surface area contributed by atoms with Crippen molar-refractivity contribution in [2.75, 3.05) is 23.8 Å². The van der Waals surface area contributed by atoms with Crippen LogP contribution in [0.25, 0.3) is 0 Å². The van der Waals surface area contributed by atoms with Gasteiger partial charge in [-0.2, -0.15) is 0 Å². The summed E-state index contributed by atoms with van der Waals surface area (Å²) in [7, 11) is 0. The summed E-state index contributed by atoms with van der Waals surface area (Å²) >= 11 is 3.39. The van der Waals surface area contributed by atoms with Gasteiger partial charge in [0, 0.05) is 22.3 Å². The third-order valence-electron chi connectivity index (χ3n) is 4.76. The first-order chi connectivity index (χ1) is 16.3. The largest absolute Gasteiger partial charge is 0.462 e. The van der Waals surface area contributed by atoms with Gasteiger partial charge in [0.15, 0.2) is 6.61 Å². The summed E-state index contributed by atoms with van der Waals surface area (Å²) in [5, 5.41) is 5.35. The zero-order valence-electron chi connectivity index (χ0n) is 19.3. The summed E-state index contributed by atoms with van der Waals surface area (Å²) in [6, 6.07) is 11.9. The lowest BCUT2D eigenvalue weighted by Gasteiger charge is -2.11. The highest BCUT2D eigenvalue weighted by Crippen LogP contribution is 2.21. The van der Waals surface area contributed by atoms with Crippen molar-refractivity contribution in [3.05, 3.63) is 58.1 Å². The van der Waals surface area contributed by atoms with Crippen molar-refractivity contribution in [1.29, 1.82) is 0 Å². The van der Waals surface area contributed by atoms with Gasteiger partial charge in [0.25, 0.3) is 5.91 Å². The summed E-state index contributed by atoms with van der Waals surface area (Å²) < 4.78 is 11.0. The van der Waals surface area contributed by atoms with Crippen LogP contribution in [-0.4, -0.2) is 37.0 Å². The number of aryl methyl sites for hydroxylation is 1. The van der Waals surface area contributed by atoms with Gasteiger partial charge in [-0.15, -0.1) is 0 Å². The molecule has 0 unspecified atom stereocenters. The minimum atomic E-state index is -0.662. The zero-order valence-corrected chi connectivity index (χ0v) is 20.9. The lowest BCUT2D eigenvalue weighted by molar-refractivity contribution is -0.147. The Morgan fingerprint density at radius 3 is 2.44 bits per heavy atom. The normalized spacial score (nSPS) is 10.3. The molecule has 2 N–H and O–H groups in total. The van der Waals surface area contributed by atoms with Gasteiger partial charge in [-0.1, -0.05) is 42.3 Å². The molecule has 8 nitrogen and oxygen atoms in total. The predicted octanol–water partition coefficient (Wildman–Crippen LogP) is 4.87. The summed E-state index contributed by atoms with van der Waals surface area (Å²) in [4.78, 5) is 48.2. The molecule has 2 amide bonds. The van der Waals surface area contributed by atoms with Crippen LogP contribution in [0.15, 0.2) is 46.9 Å². The van der Waals surface area contributed by atoms with E-state index in [0.717, 1.165) is 29.3 Å². The molecule has 0 saturated carbocycles. The molecule has 34 heavy (non-hydrogen) atoms. The van der Waals surface area contributed by atoms with Crippen molar-refractivity contribution in [2.45, 2.75) is 46.0 Å². The first kappa shape index (κ1) is 27.0. The monoisotopic (exact) mass is 532 g/mol. The molecule has 2 aromatic rings. The van der Waals surface area contributed by atoms with Crippen LogP contribution in [0.5, 0.6) is 0 Å². The van der Waals surface area contributed by atoms with Gasteiger partial charge in [0.1, 0.15) is 0 Å². The van der Waals surface area contributed by atoms with E-state index in [4.69, 9.17) is 9.47 Å². The molecule has 0 aliphatic heterocycles. The standard InChI is InChI=1S/C25H29BrN2O6/c1-3-5-13-33-25(32)18-7-6-8-20(15-18)27-22(29)11-12-24(31)34-16-23(30)28-21-10-9-19(26)14-17(21)4-2/h6-10,14-15H,3-5,11-13,16H2,1-2H3,(H,27,29)(H,28,30). The number of nitrogens with one attached hydrogen (secondary N) is 2. The zero-order chi connectivity index (χ0) is 24.9. The molecule has 0 spiro atoms. The minimum absolute atomic E-state index is 0.127. The lowest BCUT2D eigenvalue weighted by Crippen LogP contribution is -2.22. The fourth-order valence-electron chi connectivity index (χ4n) is 2.94. The van der Waals surface area contributed by atoms with Crippen LogP contribution in [0.1, 0.15) is 55.5 Å². The number of ether oxygens (including phenoxy) is 2. The summed E-state index contributed by atoms with van der Waals surface area (Å²) in [6.07, 6.45) is 2.12. The van der Waals surface area contributed by atoms with Crippen LogP contribution in [0, 0.1) is 0 Å². The highest BCUT2D eigenvalue weighted by atomic mass is 79.9. The highest BCUT2D eigenvalue weighted by molar-refractivity contribution is 9.10. The van der Waals surface area contributed by atoms with Gasteiger partial charge >= 0.3 is 11.9 Å². The van der Waals surface area contributed by atoms with Crippen LogP contribution in [0.2, 0.25) is 0 Å². The second-order valence-electron chi connectivity index (χ2n) is 7.48. The Bertz CT molecular complexity index is 1020. The third kappa shape index (κ3) is 9.35. The smallest absolute Gasteiger partial charge is 0.338 e. The van der Waals surface area contributed by atoms with E-state index >= 15 is 0 Å². The number of carbonyl (C=O) groups excluding carboxylic acids is 4. The molecule has 0 aliphatic rings. The Morgan fingerprint density at radius 2 is 1.71 bits per heavy atom. The van der Waals surface area contributed by atoms with Crippen LogP contribution in [0.3, 0.4) is 0 Å². The fraction of sp³-hybridized carbons (Fsp3) is 0.360. The summed E-state index contributed by atoms with van der Waals surface area (Å²) in [6.45, 7) is 3.87. The van der Waals surface area contributed by atoms with Gasteiger partial charge in [0.05, 0.1) is 18.6 Å². The second-order valence-corrected chi connectivity index (χ2v) is 8.40. The van der Waals surface area contributed by atoms with Crippen LogP contribution >= 0.6 is 15.9 Å². The van der Waals surface area contributed by atoms with Gasteiger partial charge in [-0.3, -0.25) is 14.4 Å². The Kier molecular flexibility index (Phi) is 11.3. The molecule has 0 aliphatic carbocycles. The molecule has 2 aromatic carbocycles. The van der Waals surface area contributed by atoms with Crippen LogP contribution in [-0.2, 0) is 30.3 Å². The van der Waals surface area contributed by atoms with Crippen molar-refractivity contribution in [3.63, 3.8) is 0 Å². The Labute approximate surface area is 207 Å². The highest BCUT2D eigenvalue weighted by Gasteiger charge is 2.13. The van der Waals surface area contributed by atoms with Crippen LogP contribution in [0.4, 0.5) is 11.4 Å². The maximum absolute atomic E-state index is 12.2. The number of unbranched alkanes of at least 4 members (excludes halogenated alkanes) is 1. The fourth-order valence-corrected chi connectivity index (χ4v) is 3.35. The summed E-state index contributed by atoms with van der Waals surface area (Å²) in [5.74, 6) is -2.00. The maximum atomic E-state index is 12.2. The molecule has 0 saturated heterocycles. The minimum Gasteiger partial charge on any atom is -0.462 e. The molecule has 0 radical (unpaired) electrons. The quantitative estimate of drug-likeness (QED) is 0.298. The Morgan fingerprint density at radius 1 is 0.912 bits per heavy atom. The molecule has 2 rings (SSSR count). The number of hydrogen-bond acceptors (Lipinski definition) is 6. The number of carbonyl (C=O) groups is 4. The van der Waals surface area contributed by atoms with Gasteiger partial charge in [0.2, 0.25) is 5.91 Å². The van der Waals surface area contributed by atoms with Crippen molar-refractivity contribution in [2.24, 2.45) is 0 Å². The van der Waals surface area contributed by atoms with E-state index in [1.807, 2.05) is 26.0 Å². The van der Waals surface area contributed by atoms with Crippen molar-refractivity contribution in [1.82, 2.24) is 0 Å². The molecule has 9 heteroatoms. The van der Waals surface area contributed by atoms with Crippen molar-refractivity contribution < 1.29 is 28.7 Å². The Hall–Kier alpha value is -3.20. The molecular formula is C25H29BrN2O6. The maximum Gasteiger partial charge on any atom is 0.338 e. The molecule has 0 bridgehead atoms. The molecule has 0 atom stereocenters. The summed E-state index contributed by atoms with van der Waals surface area (Å²) in [5.41, 5.74) is 2.35. The topological polar surface area (TPSA) is 111 Å². The average molecular weight is 533 g/mol. The van der Waals surface area contributed by atoms with Gasteiger partial charge in [-0.05, 0) is 54.8 Å². The number of hydrogen-bond donors (Lipinski definition) is 2. The number of anilines is 2. The van der Waals surface area contributed by atoms with Crippen molar-refractivity contribution >= 4 is 51.1 Å². The third-order valence-corrected chi connectivity index (χ3v) is 5.25. The van der Waals surface area contributed by atoms with Gasteiger partial charge < -0.3 is 20.1 Å². The number of halogens is 1. The molecule has 0 heterocycles. The molecular weight excluding hydrogens is 504 g/mol. The van der Waals surface area contributed by atoms with E-state index in [1.54, 1.807) is 24.3 Å². The van der Waals surface area contributed by atoms with E-state index in [0.29, 0.717) is 23.5 Å². The second kappa shape index (κ2) is 14.1. The molecule has 0 fully saturated rings. The van der Waals surface area contributed by atoms with E-state index in [9.17, 15) is 19.2 Å². The molecule has 0 aromatic heterocycles. The first-order valence-corrected chi connectivity index (χ1v) is 11.9. The molecule has 182 valence electrons. The van der Waals surface area contributed by atoms with Crippen molar-refractivity contribution in [3.8, 4) is 0 Å². The Balaban J connectivity index is 1.75. The number of rotatable bonds is 12. The van der Waals surface area contributed by atoms with E-state index in [2.05, 4.69) is 26.6 Å². The van der Waals surface area contributed by atoms with E-state index in [-0.39, 0.29) is 12.8 Å². The van der Waals surface area contributed by atoms with E-state index < -0.39 is 30.4 Å². The van der Waals surface area contributed by atoms with Gasteiger partial charge in [-0.25, -0.2) is 4.79 Å². The number of benzene rings is 2. The number of amides is 2. The predicted molar refractivity (Wildman–Crippen MR) is 133 cm³/mol. The number of esters is 2.